The fraction of sp³-hybridized carbons (Fsp3) is 0.500. The Balaban J connectivity index is 2.69. The van der Waals surface area contributed by atoms with E-state index in [0.717, 1.165) is 10.8 Å². The smallest absolute Gasteiger partial charge is 0.0959 e. The number of aromatic nitrogens is 1. The largest absolute Gasteiger partial charge is 0.313 e. The van der Waals surface area contributed by atoms with Crippen molar-refractivity contribution in [2.75, 3.05) is 12.8 Å². The van der Waals surface area contributed by atoms with Gasteiger partial charge in [0, 0.05) is 12.2 Å². The summed E-state index contributed by atoms with van der Waals surface area (Å²) in [5.41, 5.74) is 1.24. The summed E-state index contributed by atoms with van der Waals surface area (Å²) in [6.07, 6.45) is 1.94. The molecule has 1 aromatic heterocycles. The van der Waals surface area contributed by atoms with Gasteiger partial charge in [0.05, 0.1) is 5.03 Å². The Morgan fingerprint density at radius 2 is 2.31 bits per heavy atom. The molecule has 1 rings (SSSR count). The molecule has 0 saturated heterocycles. The number of hydrogen-bond acceptors (Lipinski definition) is 3. The summed E-state index contributed by atoms with van der Waals surface area (Å²) in [6.45, 7) is 4.26. The lowest BCUT2D eigenvalue weighted by molar-refractivity contribution is 0.648. The minimum Gasteiger partial charge on any atom is -0.313 e. The summed E-state index contributed by atoms with van der Waals surface area (Å²) in [5.74, 6) is 1.08. The van der Waals surface area contributed by atoms with Gasteiger partial charge in [-0.2, -0.15) is 0 Å². The van der Waals surface area contributed by atoms with E-state index in [-0.39, 0.29) is 0 Å². The van der Waals surface area contributed by atoms with Crippen molar-refractivity contribution in [1.29, 1.82) is 0 Å². The van der Waals surface area contributed by atoms with Gasteiger partial charge in [-0.05, 0) is 31.4 Å². The highest BCUT2D eigenvalue weighted by atomic mass is 32.2. The highest BCUT2D eigenvalue weighted by Crippen LogP contribution is 2.17. The van der Waals surface area contributed by atoms with Crippen molar-refractivity contribution in [3.05, 3.63) is 23.9 Å². The molecule has 0 radical (unpaired) electrons. The molecular formula is C10H16N2S. The van der Waals surface area contributed by atoms with E-state index in [2.05, 4.69) is 36.3 Å². The van der Waals surface area contributed by atoms with E-state index in [4.69, 9.17) is 0 Å². The van der Waals surface area contributed by atoms with Crippen molar-refractivity contribution >= 4 is 11.8 Å². The first-order valence-corrected chi connectivity index (χ1v) is 5.52. The van der Waals surface area contributed by atoms with Crippen molar-refractivity contribution in [2.45, 2.75) is 24.9 Å². The molecule has 1 aromatic rings. The minimum absolute atomic E-state index is 0.383. The van der Waals surface area contributed by atoms with E-state index in [0.29, 0.717) is 6.04 Å². The second kappa shape index (κ2) is 5.25. The van der Waals surface area contributed by atoms with Crippen LogP contribution in [0.15, 0.2) is 23.4 Å². The molecular weight excluding hydrogens is 180 g/mol. The summed E-state index contributed by atoms with van der Waals surface area (Å²) >= 11 is 1.77. The van der Waals surface area contributed by atoms with Crippen molar-refractivity contribution in [2.24, 2.45) is 0 Å². The molecule has 1 atom stereocenters. The van der Waals surface area contributed by atoms with Crippen molar-refractivity contribution in [1.82, 2.24) is 10.3 Å². The van der Waals surface area contributed by atoms with Crippen molar-refractivity contribution in [3.63, 3.8) is 0 Å². The summed E-state index contributed by atoms with van der Waals surface area (Å²) < 4.78 is 0. The van der Waals surface area contributed by atoms with Crippen LogP contribution in [0.3, 0.4) is 0 Å². The second-order valence-electron chi connectivity index (χ2n) is 2.87. The fourth-order valence-electron chi connectivity index (χ4n) is 1.05. The van der Waals surface area contributed by atoms with E-state index >= 15 is 0 Å². The molecule has 0 bridgehead atoms. The average molecular weight is 196 g/mol. The third-order valence-corrected chi connectivity index (χ3v) is 2.81. The first-order valence-electron chi connectivity index (χ1n) is 4.54. The van der Waals surface area contributed by atoms with Gasteiger partial charge in [-0.25, -0.2) is 4.98 Å². The lowest BCUT2D eigenvalue weighted by Gasteiger charge is -2.09. The normalized spacial score (nSPS) is 12.8. The van der Waals surface area contributed by atoms with Gasteiger partial charge in [0.15, 0.2) is 0 Å². The second-order valence-corrected chi connectivity index (χ2v) is 4.16. The SMILES string of the molecule is CCSc1ccc(C(C)NC)cn1. The van der Waals surface area contributed by atoms with Crippen LogP contribution in [-0.4, -0.2) is 17.8 Å². The van der Waals surface area contributed by atoms with E-state index in [1.807, 2.05) is 13.2 Å². The van der Waals surface area contributed by atoms with Gasteiger partial charge in [0.25, 0.3) is 0 Å². The molecule has 0 aliphatic rings. The predicted molar refractivity (Wildman–Crippen MR) is 58.1 cm³/mol. The molecule has 0 aliphatic heterocycles. The lowest BCUT2D eigenvalue weighted by atomic mass is 10.1. The van der Waals surface area contributed by atoms with E-state index < -0.39 is 0 Å². The number of nitrogens with one attached hydrogen (secondary N) is 1. The number of pyridine rings is 1. The zero-order chi connectivity index (χ0) is 9.68. The Morgan fingerprint density at radius 3 is 2.77 bits per heavy atom. The fourth-order valence-corrected chi connectivity index (χ4v) is 1.64. The molecule has 0 aliphatic carbocycles. The molecule has 1 N–H and O–H groups in total. The summed E-state index contributed by atoms with van der Waals surface area (Å²) in [7, 11) is 1.96. The Kier molecular flexibility index (Phi) is 4.25. The molecule has 1 unspecified atom stereocenters. The highest BCUT2D eigenvalue weighted by molar-refractivity contribution is 7.99. The number of nitrogens with zero attached hydrogens (tertiary/aromatic N) is 1. The van der Waals surface area contributed by atoms with Crippen molar-refractivity contribution < 1.29 is 0 Å². The van der Waals surface area contributed by atoms with Gasteiger partial charge >= 0.3 is 0 Å². The van der Waals surface area contributed by atoms with Gasteiger partial charge in [0.2, 0.25) is 0 Å². The first kappa shape index (κ1) is 10.5. The van der Waals surface area contributed by atoms with Gasteiger partial charge in [-0.3, -0.25) is 0 Å². The zero-order valence-electron chi connectivity index (χ0n) is 8.37. The standard InChI is InChI=1S/C10H16N2S/c1-4-13-10-6-5-9(7-12-10)8(2)11-3/h5-8,11H,4H2,1-3H3. The summed E-state index contributed by atoms with van der Waals surface area (Å²) in [6, 6.07) is 4.59. The van der Waals surface area contributed by atoms with Crippen LogP contribution in [0.2, 0.25) is 0 Å². The molecule has 13 heavy (non-hydrogen) atoms. The van der Waals surface area contributed by atoms with Crippen LogP contribution in [0.25, 0.3) is 0 Å². The van der Waals surface area contributed by atoms with E-state index in [1.165, 1.54) is 5.56 Å². The van der Waals surface area contributed by atoms with Crippen LogP contribution in [-0.2, 0) is 0 Å². The third-order valence-electron chi connectivity index (χ3n) is 1.98. The van der Waals surface area contributed by atoms with Gasteiger partial charge < -0.3 is 5.32 Å². The van der Waals surface area contributed by atoms with E-state index in [1.54, 1.807) is 11.8 Å². The molecule has 0 aromatic carbocycles. The molecule has 72 valence electrons. The Hall–Kier alpha value is -0.540. The summed E-state index contributed by atoms with van der Waals surface area (Å²) in [5, 5.41) is 4.29. The van der Waals surface area contributed by atoms with Crippen LogP contribution >= 0.6 is 11.8 Å². The number of hydrogen-bond donors (Lipinski definition) is 1. The first-order chi connectivity index (χ1) is 6.27. The Bertz CT molecular complexity index is 246. The lowest BCUT2D eigenvalue weighted by Crippen LogP contribution is -2.12. The average Bonchev–Trinajstić information content (AvgIpc) is 2.18. The molecule has 0 saturated carbocycles. The van der Waals surface area contributed by atoms with Crippen LogP contribution in [0.4, 0.5) is 0 Å². The maximum absolute atomic E-state index is 4.36. The molecule has 0 spiro atoms. The molecule has 2 nitrogen and oxygen atoms in total. The van der Waals surface area contributed by atoms with Crippen LogP contribution in [0.5, 0.6) is 0 Å². The van der Waals surface area contributed by atoms with Gasteiger partial charge in [-0.15, -0.1) is 11.8 Å². The third kappa shape index (κ3) is 3.01. The monoisotopic (exact) mass is 196 g/mol. The Labute approximate surface area is 84.1 Å². The van der Waals surface area contributed by atoms with Crippen molar-refractivity contribution in [3.8, 4) is 0 Å². The van der Waals surface area contributed by atoms with Crippen LogP contribution in [0, 0.1) is 0 Å². The van der Waals surface area contributed by atoms with Crippen LogP contribution < -0.4 is 5.32 Å². The minimum atomic E-state index is 0.383. The Morgan fingerprint density at radius 1 is 1.54 bits per heavy atom. The van der Waals surface area contributed by atoms with E-state index in [9.17, 15) is 0 Å². The maximum Gasteiger partial charge on any atom is 0.0959 e. The van der Waals surface area contributed by atoms with Gasteiger partial charge in [-0.1, -0.05) is 13.0 Å². The highest BCUT2D eigenvalue weighted by Gasteiger charge is 2.02. The summed E-state index contributed by atoms with van der Waals surface area (Å²) in [4.78, 5) is 4.36. The molecule has 0 fully saturated rings. The van der Waals surface area contributed by atoms with Gasteiger partial charge in [0.1, 0.15) is 0 Å². The molecule has 3 heteroatoms. The molecule has 1 heterocycles. The maximum atomic E-state index is 4.36. The number of rotatable bonds is 4. The zero-order valence-corrected chi connectivity index (χ0v) is 9.19. The number of thioether (sulfide) groups is 1. The quantitative estimate of drug-likeness (QED) is 0.749. The van der Waals surface area contributed by atoms with Crippen LogP contribution in [0.1, 0.15) is 25.5 Å². The predicted octanol–water partition coefficient (Wildman–Crippen LogP) is 2.47. The topological polar surface area (TPSA) is 24.9 Å². The molecule has 0 amide bonds.